The molecule has 1 aliphatic rings. The van der Waals surface area contributed by atoms with E-state index in [1.165, 1.54) is 6.07 Å². The van der Waals surface area contributed by atoms with Crippen LogP contribution in [0.15, 0.2) is 57.7 Å². The van der Waals surface area contributed by atoms with Gasteiger partial charge >= 0.3 is 5.63 Å². The largest absolute Gasteiger partial charge is 0.484 e. The lowest BCUT2D eigenvalue weighted by molar-refractivity contribution is -0.118. The fraction of sp³-hybridized carbons (Fsp3) is 0.261. The molecule has 1 fully saturated rings. The molecule has 0 spiro atoms. The van der Waals surface area contributed by atoms with Gasteiger partial charge in [0.1, 0.15) is 11.3 Å². The summed E-state index contributed by atoms with van der Waals surface area (Å²) in [4.78, 5) is 38.2. The Morgan fingerprint density at radius 1 is 1.07 bits per heavy atom. The lowest BCUT2D eigenvalue weighted by Gasteiger charge is -2.17. The summed E-state index contributed by atoms with van der Waals surface area (Å²) in [5, 5.41) is 3.57. The molecule has 0 bridgehead atoms. The van der Waals surface area contributed by atoms with E-state index < -0.39 is 5.63 Å². The smallest absolute Gasteiger partial charge is 0.336 e. The Labute approximate surface area is 173 Å². The van der Waals surface area contributed by atoms with Gasteiger partial charge in [0.25, 0.3) is 11.8 Å². The van der Waals surface area contributed by atoms with Gasteiger partial charge in [0.05, 0.1) is 0 Å². The van der Waals surface area contributed by atoms with E-state index in [4.69, 9.17) is 9.15 Å². The number of hydrogen-bond acceptors (Lipinski definition) is 5. The van der Waals surface area contributed by atoms with Crippen LogP contribution in [-0.4, -0.2) is 36.4 Å². The van der Waals surface area contributed by atoms with Crippen molar-refractivity contribution in [1.82, 2.24) is 4.90 Å². The average Bonchev–Trinajstić information content (AvgIpc) is 3.28. The minimum Gasteiger partial charge on any atom is -0.484 e. The van der Waals surface area contributed by atoms with Crippen molar-refractivity contribution in [2.24, 2.45) is 0 Å². The number of ether oxygens (including phenoxy) is 1. The van der Waals surface area contributed by atoms with Crippen LogP contribution in [0.3, 0.4) is 0 Å². The molecule has 30 heavy (non-hydrogen) atoms. The molecular formula is C23H22N2O5. The predicted octanol–water partition coefficient (Wildman–Crippen LogP) is 3.35. The van der Waals surface area contributed by atoms with Gasteiger partial charge in [-0.2, -0.15) is 0 Å². The van der Waals surface area contributed by atoms with E-state index in [0.717, 1.165) is 36.9 Å². The molecule has 0 saturated carbocycles. The van der Waals surface area contributed by atoms with Crippen LogP contribution >= 0.6 is 0 Å². The van der Waals surface area contributed by atoms with E-state index in [9.17, 15) is 14.4 Å². The van der Waals surface area contributed by atoms with Gasteiger partial charge in [0.2, 0.25) is 0 Å². The van der Waals surface area contributed by atoms with Crippen molar-refractivity contribution in [3.63, 3.8) is 0 Å². The monoisotopic (exact) mass is 406 g/mol. The lowest BCUT2D eigenvalue weighted by Crippen LogP contribution is -2.28. The molecule has 1 saturated heterocycles. The van der Waals surface area contributed by atoms with Gasteiger partial charge in [-0.05, 0) is 55.7 Å². The summed E-state index contributed by atoms with van der Waals surface area (Å²) < 4.78 is 10.7. The van der Waals surface area contributed by atoms with Crippen molar-refractivity contribution in [2.75, 3.05) is 25.0 Å². The molecule has 3 aromatic rings. The predicted molar refractivity (Wildman–Crippen MR) is 113 cm³/mol. The van der Waals surface area contributed by atoms with Crippen LogP contribution in [0.4, 0.5) is 5.69 Å². The van der Waals surface area contributed by atoms with Crippen LogP contribution in [-0.2, 0) is 4.79 Å². The van der Waals surface area contributed by atoms with Crippen molar-refractivity contribution in [3.8, 4) is 5.75 Å². The summed E-state index contributed by atoms with van der Waals surface area (Å²) in [6.45, 7) is 3.19. The molecule has 4 rings (SSSR count). The molecule has 1 aromatic heterocycles. The number of rotatable bonds is 5. The molecule has 2 heterocycles. The number of anilines is 1. The van der Waals surface area contributed by atoms with E-state index in [0.29, 0.717) is 22.6 Å². The van der Waals surface area contributed by atoms with E-state index in [2.05, 4.69) is 5.32 Å². The summed E-state index contributed by atoms with van der Waals surface area (Å²) in [5.41, 5.74) is 1.94. The van der Waals surface area contributed by atoms with Gasteiger partial charge in [-0.25, -0.2) is 4.79 Å². The first-order chi connectivity index (χ1) is 14.5. The first kappa shape index (κ1) is 19.7. The van der Waals surface area contributed by atoms with Crippen molar-refractivity contribution in [2.45, 2.75) is 19.8 Å². The number of benzene rings is 2. The number of nitrogens with zero attached hydrogens (tertiary/aromatic N) is 1. The summed E-state index contributed by atoms with van der Waals surface area (Å²) >= 11 is 0. The molecule has 7 nitrogen and oxygen atoms in total. The number of amides is 2. The standard InChI is InChI=1S/C23H22N2O5/c1-15-4-5-17(23(28)25-10-2-3-11-25)12-19(15)24-21(26)14-29-18-8-6-16-7-9-22(27)30-20(16)13-18/h4-9,12-13H,2-3,10-11,14H2,1H3,(H,24,26). The van der Waals surface area contributed by atoms with Gasteiger partial charge < -0.3 is 19.4 Å². The van der Waals surface area contributed by atoms with E-state index in [1.54, 1.807) is 36.4 Å². The van der Waals surface area contributed by atoms with Crippen LogP contribution in [0.5, 0.6) is 5.75 Å². The van der Waals surface area contributed by atoms with Crippen LogP contribution in [0, 0.1) is 6.92 Å². The summed E-state index contributed by atoms with van der Waals surface area (Å²) in [6.07, 6.45) is 2.05. The fourth-order valence-corrected chi connectivity index (χ4v) is 3.46. The Balaban J connectivity index is 1.41. The van der Waals surface area contributed by atoms with Gasteiger partial charge in [-0.15, -0.1) is 0 Å². The number of carbonyl (C=O) groups is 2. The Morgan fingerprint density at radius 2 is 1.83 bits per heavy atom. The van der Waals surface area contributed by atoms with Gasteiger partial charge in [-0.3, -0.25) is 9.59 Å². The number of likely N-dealkylation sites (tertiary alicyclic amines) is 1. The average molecular weight is 406 g/mol. The third kappa shape index (κ3) is 4.35. The number of hydrogen-bond donors (Lipinski definition) is 1. The maximum absolute atomic E-state index is 12.6. The van der Waals surface area contributed by atoms with Crippen molar-refractivity contribution in [3.05, 3.63) is 70.1 Å². The molecule has 2 amide bonds. The van der Waals surface area contributed by atoms with Gasteiger partial charge in [-0.1, -0.05) is 6.07 Å². The SMILES string of the molecule is Cc1ccc(C(=O)N2CCCC2)cc1NC(=O)COc1ccc2ccc(=O)oc2c1. The Bertz CT molecular complexity index is 1160. The molecule has 2 aromatic carbocycles. The molecule has 0 radical (unpaired) electrons. The third-order valence-electron chi connectivity index (χ3n) is 5.12. The molecule has 0 atom stereocenters. The Morgan fingerprint density at radius 3 is 2.63 bits per heavy atom. The van der Waals surface area contributed by atoms with E-state index >= 15 is 0 Å². The van der Waals surface area contributed by atoms with Crippen LogP contribution in [0.1, 0.15) is 28.8 Å². The minimum absolute atomic E-state index is 0.0168. The van der Waals surface area contributed by atoms with Crippen molar-refractivity contribution < 1.29 is 18.7 Å². The highest BCUT2D eigenvalue weighted by atomic mass is 16.5. The van der Waals surface area contributed by atoms with Crippen molar-refractivity contribution in [1.29, 1.82) is 0 Å². The van der Waals surface area contributed by atoms with E-state index in [1.807, 2.05) is 17.9 Å². The molecule has 0 unspecified atom stereocenters. The second-order valence-corrected chi connectivity index (χ2v) is 7.32. The quantitative estimate of drug-likeness (QED) is 0.657. The summed E-state index contributed by atoms with van der Waals surface area (Å²) in [5.74, 6) is 0.0528. The maximum Gasteiger partial charge on any atom is 0.336 e. The maximum atomic E-state index is 12.6. The zero-order valence-electron chi connectivity index (χ0n) is 16.6. The van der Waals surface area contributed by atoms with Crippen molar-refractivity contribution >= 4 is 28.5 Å². The normalized spacial score (nSPS) is 13.4. The second kappa shape index (κ2) is 8.41. The zero-order valence-corrected chi connectivity index (χ0v) is 16.6. The lowest BCUT2D eigenvalue weighted by atomic mass is 10.1. The third-order valence-corrected chi connectivity index (χ3v) is 5.12. The zero-order chi connectivity index (χ0) is 21.1. The van der Waals surface area contributed by atoms with Gasteiger partial charge in [0.15, 0.2) is 6.61 Å². The Hall–Kier alpha value is -3.61. The first-order valence-electron chi connectivity index (χ1n) is 9.86. The highest BCUT2D eigenvalue weighted by Gasteiger charge is 2.20. The highest BCUT2D eigenvalue weighted by Crippen LogP contribution is 2.21. The van der Waals surface area contributed by atoms with Gasteiger partial charge in [0, 0.05) is 41.9 Å². The number of fused-ring (bicyclic) bond motifs is 1. The molecular weight excluding hydrogens is 384 g/mol. The highest BCUT2D eigenvalue weighted by molar-refractivity contribution is 5.98. The summed E-state index contributed by atoms with van der Waals surface area (Å²) in [6, 6.07) is 13.4. The summed E-state index contributed by atoms with van der Waals surface area (Å²) in [7, 11) is 0. The van der Waals surface area contributed by atoms with Crippen LogP contribution in [0.25, 0.3) is 11.0 Å². The second-order valence-electron chi connectivity index (χ2n) is 7.32. The van der Waals surface area contributed by atoms with E-state index in [-0.39, 0.29) is 18.4 Å². The van der Waals surface area contributed by atoms with Crippen LogP contribution < -0.4 is 15.7 Å². The first-order valence-corrected chi connectivity index (χ1v) is 9.86. The topological polar surface area (TPSA) is 88.9 Å². The number of aryl methyl sites for hydroxylation is 1. The fourth-order valence-electron chi connectivity index (χ4n) is 3.46. The molecule has 7 heteroatoms. The Kier molecular flexibility index (Phi) is 5.52. The minimum atomic E-state index is -0.448. The van der Waals surface area contributed by atoms with Crippen LogP contribution in [0.2, 0.25) is 0 Å². The molecule has 1 aliphatic heterocycles. The number of nitrogens with one attached hydrogen (secondary N) is 1. The number of carbonyl (C=O) groups excluding carboxylic acids is 2. The molecule has 1 N–H and O–H groups in total. The molecule has 154 valence electrons. The molecule has 0 aliphatic carbocycles.